The Morgan fingerprint density at radius 1 is 1.23 bits per heavy atom. The zero-order valence-corrected chi connectivity index (χ0v) is 16.7. The lowest BCUT2D eigenvalue weighted by Gasteiger charge is -2.23. The first kappa shape index (κ1) is 19.7. The lowest BCUT2D eigenvalue weighted by molar-refractivity contribution is -0.140. The SMILES string of the molecule is O=C(Nc1ccc(C2(C(=O)O)CC2)cc1)[C@H]1C[C@H](F)CN1Cc1nccc2c1OCO2. The molecule has 8 nitrogen and oxygen atoms in total. The van der Waals surface area contributed by atoms with Gasteiger partial charge in [-0.25, -0.2) is 4.39 Å². The van der Waals surface area contributed by atoms with Crippen molar-refractivity contribution in [2.75, 3.05) is 18.7 Å². The highest BCUT2D eigenvalue weighted by Crippen LogP contribution is 2.48. The van der Waals surface area contributed by atoms with Crippen LogP contribution in [0.2, 0.25) is 0 Å². The molecule has 5 rings (SSSR count). The molecule has 3 heterocycles. The Labute approximate surface area is 178 Å². The number of carbonyl (C=O) groups excluding carboxylic acids is 1. The van der Waals surface area contributed by atoms with Crippen molar-refractivity contribution in [3.63, 3.8) is 0 Å². The standard InChI is InChI=1S/C22H22FN3O5/c23-14-9-17(26(10-14)11-16-19-18(5-8-24-16)30-12-31-19)20(27)25-15-3-1-13(2-4-15)22(6-7-22)21(28)29/h1-5,8,14,17H,6-7,9-12H2,(H,25,27)(H,28,29)/t14-,17+/m0/s1. The third-order valence-corrected chi connectivity index (χ3v) is 6.23. The maximum atomic E-state index is 14.2. The van der Waals surface area contributed by atoms with Crippen LogP contribution in [0.5, 0.6) is 11.5 Å². The number of nitrogens with one attached hydrogen (secondary N) is 1. The third kappa shape index (κ3) is 3.59. The molecule has 2 fully saturated rings. The zero-order valence-electron chi connectivity index (χ0n) is 16.7. The summed E-state index contributed by atoms with van der Waals surface area (Å²) in [6, 6.07) is 7.91. The maximum Gasteiger partial charge on any atom is 0.314 e. The van der Waals surface area contributed by atoms with Crippen molar-refractivity contribution in [2.24, 2.45) is 0 Å². The molecule has 1 aliphatic carbocycles. The first-order valence-electron chi connectivity index (χ1n) is 10.2. The maximum absolute atomic E-state index is 14.2. The number of pyridine rings is 1. The van der Waals surface area contributed by atoms with Gasteiger partial charge in [-0.05, 0) is 30.5 Å². The van der Waals surface area contributed by atoms with Crippen molar-refractivity contribution in [1.82, 2.24) is 9.88 Å². The number of nitrogens with zero attached hydrogens (tertiary/aromatic N) is 2. The van der Waals surface area contributed by atoms with Crippen molar-refractivity contribution in [3.05, 3.63) is 47.8 Å². The Balaban J connectivity index is 1.28. The van der Waals surface area contributed by atoms with Gasteiger partial charge < -0.3 is 19.9 Å². The van der Waals surface area contributed by atoms with Gasteiger partial charge >= 0.3 is 5.97 Å². The summed E-state index contributed by atoms with van der Waals surface area (Å²) >= 11 is 0. The van der Waals surface area contributed by atoms with Crippen LogP contribution in [0.25, 0.3) is 0 Å². The summed E-state index contributed by atoms with van der Waals surface area (Å²) < 4.78 is 25.0. The normalized spacial score (nSPS) is 23.5. The first-order valence-corrected chi connectivity index (χ1v) is 10.2. The van der Waals surface area contributed by atoms with Gasteiger partial charge in [0.25, 0.3) is 0 Å². The lowest BCUT2D eigenvalue weighted by atomic mass is 9.96. The second kappa shape index (κ2) is 7.49. The minimum atomic E-state index is -1.11. The molecular formula is C22H22FN3O5. The van der Waals surface area contributed by atoms with Crippen molar-refractivity contribution >= 4 is 17.6 Å². The molecule has 2 atom stereocenters. The van der Waals surface area contributed by atoms with Crippen LogP contribution in [-0.4, -0.2) is 52.4 Å². The number of aliphatic carboxylic acids is 1. The molecule has 162 valence electrons. The van der Waals surface area contributed by atoms with Crippen LogP contribution in [0.4, 0.5) is 10.1 Å². The molecule has 0 spiro atoms. The Morgan fingerprint density at radius 3 is 2.71 bits per heavy atom. The number of halogens is 1. The summed E-state index contributed by atoms with van der Waals surface area (Å²) in [6.45, 7) is 0.512. The number of carboxylic acid groups (broad SMARTS) is 1. The second-order valence-electron chi connectivity index (χ2n) is 8.22. The molecule has 2 N–H and O–H groups in total. The molecule has 1 amide bonds. The van der Waals surface area contributed by atoms with Crippen molar-refractivity contribution in [3.8, 4) is 11.5 Å². The van der Waals surface area contributed by atoms with E-state index >= 15 is 0 Å². The quantitative estimate of drug-likeness (QED) is 0.730. The van der Waals surface area contributed by atoms with E-state index in [0.29, 0.717) is 35.7 Å². The number of benzene rings is 1. The number of rotatable bonds is 6. The number of fused-ring (bicyclic) bond motifs is 1. The Morgan fingerprint density at radius 2 is 2.00 bits per heavy atom. The zero-order chi connectivity index (χ0) is 21.6. The van der Waals surface area contributed by atoms with Gasteiger partial charge in [-0.15, -0.1) is 0 Å². The molecule has 0 radical (unpaired) electrons. The van der Waals surface area contributed by atoms with Gasteiger partial charge in [0, 0.05) is 37.5 Å². The highest BCUT2D eigenvalue weighted by Gasteiger charge is 2.51. The van der Waals surface area contributed by atoms with Crippen LogP contribution < -0.4 is 14.8 Å². The van der Waals surface area contributed by atoms with E-state index in [2.05, 4.69) is 10.3 Å². The summed E-state index contributed by atoms with van der Waals surface area (Å²) in [7, 11) is 0. The summed E-state index contributed by atoms with van der Waals surface area (Å²) in [5.74, 6) is -0.00357. The van der Waals surface area contributed by atoms with E-state index in [1.54, 1.807) is 41.4 Å². The Bertz CT molecular complexity index is 1020. The predicted octanol–water partition coefficient (Wildman–Crippen LogP) is 2.48. The van der Waals surface area contributed by atoms with Gasteiger partial charge in [-0.2, -0.15) is 0 Å². The highest BCUT2D eigenvalue weighted by atomic mass is 19.1. The van der Waals surface area contributed by atoms with Gasteiger partial charge in [0.2, 0.25) is 12.7 Å². The fraction of sp³-hybridized carbons (Fsp3) is 0.409. The Kier molecular flexibility index (Phi) is 4.77. The molecule has 2 aromatic rings. The molecule has 1 saturated carbocycles. The average Bonchev–Trinajstić information content (AvgIpc) is 3.28. The molecule has 0 bridgehead atoms. The van der Waals surface area contributed by atoms with Crippen LogP contribution in [0.3, 0.4) is 0 Å². The van der Waals surface area contributed by atoms with E-state index in [0.717, 1.165) is 5.56 Å². The number of likely N-dealkylation sites (tertiary alicyclic amines) is 1. The van der Waals surface area contributed by atoms with Gasteiger partial charge in [0.1, 0.15) is 11.9 Å². The smallest absolute Gasteiger partial charge is 0.314 e. The first-order chi connectivity index (χ1) is 15.0. The number of carboxylic acids is 1. The fourth-order valence-corrected chi connectivity index (χ4v) is 4.34. The van der Waals surface area contributed by atoms with Crippen LogP contribution in [-0.2, 0) is 21.5 Å². The fourth-order valence-electron chi connectivity index (χ4n) is 4.34. The van der Waals surface area contributed by atoms with Crippen LogP contribution in [0.1, 0.15) is 30.5 Å². The minimum Gasteiger partial charge on any atom is -0.481 e. The van der Waals surface area contributed by atoms with E-state index in [1.165, 1.54) is 0 Å². The van der Waals surface area contributed by atoms with Crippen LogP contribution in [0.15, 0.2) is 36.5 Å². The van der Waals surface area contributed by atoms with Crippen LogP contribution in [0, 0.1) is 0 Å². The number of hydrogen-bond acceptors (Lipinski definition) is 6. The second-order valence-corrected chi connectivity index (χ2v) is 8.22. The number of hydrogen-bond donors (Lipinski definition) is 2. The van der Waals surface area contributed by atoms with E-state index < -0.39 is 23.6 Å². The summed E-state index contributed by atoms with van der Waals surface area (Å²) in [5, 5.41) is 12.2. The van der Waals surface area contributed by atoms with Crippen LogP contribution >= 0.6 is 0 Å². The largest absolute Gasteiger partial charge is 0.481 e. The van der Waals surface area contributed by atoms with E-state index in [4.69, 9.17) is 9.47 Å². The molecule has 2 aliphatic heterocycles. The summed E-state index contributed by atoms with van der Waals surface area (Å²) in [6.07, 6.45) is 1.83. The molecule has 9 heteroatoms. The number of anilines is 1. The lowest BCUT2D eigenvalue weighted by Crippen LogP contribution is -2.39. The number of ether oxygens (including phenoxy) is 2. The molecule has 31 heavy (non-hydrogen) atoms. The molecular weight excluding hydrogens is 405 g/mol. The van der Waals surface area contributed by atoms with Crippen molar-refractivity contribution in [1.29, 1.82) is 0 Å². The van der Waals surface area contributed by atoms with Gasteiger partial charge in [0.05, 0.1) is 11.5 Å². The highest BCUT2D eigenvalue weighted by molar-refractivity contribution is 5.95. The monoisotopic (exact) mass is 427 g/mol. The van der Waals surface area contributed by atoms with E-state index in [9.17, 15) is 19.1 Å². The van der Waals surface area contributed by atoms with Crippen molar-refractivity contribution in [2.45, 2.75) is 43.4 Å². The number of amides is 1. The minimum absolute atomic E-state index is 0.0957. The molecule has 1 saturated heterocycles. The summed E-state index contributed by atoms with van der Waals surface area (Å²) in [5.41, 5.74) is 1.10. The van der Waals surface area contributed by atoms with Gasteiger partial charge in [-0.1, -0.05) is 12.1 Å². The molecule has 3 aliphatic rings. The number of carbonyl (C=O) groups is 2. The third-order valence-electron chi connectivity index (χ3n) is 6.23. The van der Waals surface area contributed by atoms with Gasteiger partial charge in [-0.3, -0.25) is 19.5 Å². The topological polar surface area (TPSA) is 101 Å². The van der Waals surface area contributed by atoms with Crippen molar-refractivity contribution < 1.29 is 28.6 Å². The number of alkyl halides is 1. The number of aromatic nitrogens is 1. The molecule has 0 unspecified atom stereocenters. The molecule has 1 aromatic heterocycles. The predicted molar refractivity (Wildman–Crippen MR) is 108 cm³/mol. The molecule has 1 aromatic carbocycles. The van der Waals surface area contributed by atoms with E-state index in [-0.39, 0.29) is 32.2 Å². The van der Waals surface area contributed by atoms with Gasteiger partial charge in [0.15, 0.2) is 11.5 Å². The average molecular weight is 427 g/mol. The van der Waals surface area contributed by atoms with E-state index in [1.807, 2.05) is 0 Å². The summed E-state index contributed by atoms with van der Waals surface area (Å²) in [4.78, 5) is 30.5. The Hall–Kier alpha value is -3.20.